The van der Waals surface area contributed by atoms with E-state index in [1.807, 2.05) is 22.7 Å². The number of nitrogens with zero attached hydrogens (tertiary/aromatic N) is 4. The zero-order valence-corrected chi connectivity index (χ0v) is 20.2. The van der Waals surface area contributed by atoms with E-state index in [9.17, 15) is 4.79 Å². The number of hydrogen-bond acceptors (Lipinski definition) is 6. The van der Waals surface area contributed by atoms with Gasteiger partial charge in [-0.1, -0.05) is 48.5 Å². The number of anilines is 1. The van der Waals surface area contributed by atoms with Gasteiger partial charge in [-0.05, 0) is 18.6 Å². The van der Waals surface area contributed by atoms with Crippen LogP contribution in [-0.4, -0.2) is 83.7 Å². The normalized spacial score (nSPS) is 23.6. The lowest BCUT2D eigenvalue weighted by molar-refractivity contribution is -0.131. The third-order valence-corrected chi connectivity index (χ3v) is 8.37. The number of para-hydroxylation sites is 1. The van der Waals surface area contributed by atoms with Gasteiger partial charge in [0.25, 0.3) is 0 Å². The van der Waals surface area contributed by atoms with Crippen molar-refractivity contribution in [2.45, 2.75) is 18.5 Å². The molecule has 0 aliphatic carbocycles. The van der Waals surface area contributed by atoms with Crippen LogP contribution < -0.4 is 10.2 Å². The van der Waals surface area contributed by atoms with Crippen LogP contribution in [0.3, 0.4) is 0 Å². The van der Waals surface area contributed by atoms with E-state index in [1.54, 1.807) is 0 Å². The molecule has 3 aliphatic heterocycles. The number of thioether (sulfide) groups is 1. The van der Waals surface area contributed by atoms with Crippen molar-refractivity contribution in [2.75, 3.05) is 55.8 Å². The molecule has 1 amide bonds. The van der Waals surface area contributed by atoms with Crippen molar-refractivity contribution in [3.8, 4) is 11.3 Å². The Kier molecular flexibility index (Phi) is 6.16. The molecule has 2 unspecified atom stereocenters. The van der Waals surface area contributed by atoms with E-state index >= 15 is 0 Å². The van der Waals surface area contributed by atoms with Gasteiger partial charge in [0.2, 0.25) is 5.91 Å². The number of amides is 1. The second-order valence-electron chi connectivity index (χ2n) is 9.42. The molecule has 3 aromatic rings. The number of pyridine rings is 1. The summed E-state index contributed by atoms with van der Waals surface area (Å²) in [6.45, 7) is 5.82. The van der Waals surface area contributed by atoms with E-state index in [-0.39, 0.29) is 6.04 Å². The van der Waals surface area contributed by atoms with Crippen LogP contribution in [0.2, 0.25) is 0 Å². The molecule has 7 heteroatoms. The van der Waals surface area contributed by atoms with E-state index in [1.165, 1.54) is 11.1 Å². The van der Waals surface area contributed by atoms with Crippen molar-refractivity contribution < 1.29 is 4.79 Å². The molecule has 0 bridgehead atoms. The van der Waals surface area contributed by atoms with Gasteiger partial charge in [-0.15, -0.1) is 11.8 Å². The Morgan fingerprint density at radius 2 is 1.76 bits per heavy atom. The Hall–Kier alpha value is -2.61. The smallest absolute Gasteiger partial charge is 0.240 e. The minimum atomic E-state index is -0.0145. The van der Waals surface area contributed by atoms with Gasteiger partial charge < -0.3 is 15.1 Å². The van der Waals surface area contributed by atoms with Gasteiger partial charge in [-0.3, -0.25) is 9.69 Å². The highest BCUT2D eigenvalue weighted by atomic mass is 32.2. The molecule has 176 valence electrons. The number of aromatic nitrogens is 1. The lowest BCUT2D eigenvalue weighted by Gasteiger charge is -2.39. The number of rotatable bonds is 4. The second-order valence-corrected chi connectivity index (χ2v) is 10.5. The Morgan fingerprint density at radius 1 is 0.971 bits per heavy atom. The van der Waals surface area contributed by atoms with Crippen molar-refractivity contribution in [1.29, 1.82) is 0 Å². The molecule has 0 spiro atoms. The van der Waals surface area contributed by atoms with Gasteiger partial charge in [0.15, 0.2) is 0 Å². The third-order valence-electron chi connectivity index (χ3n) is 7.41. The van der Waals surface area contributed by atoms with E-state index in [0.29, 0.717) is 11.9 Å². The molecular weight excluding hydrogens is 442 g/mol. The number of benzene rings is 2. The zero-order chi connectivity index (χ0) is 22.9. The van der Waals surface area contributed by atoms with Crippen molar-refractivity contribution >= 4 is 34.3 Å². The van der Waals surface area contributed by atoms with Gasteiger partial charge in [0.05, 0.1) is 23.1 Å². The highest BCUT2D eigenvalue weighted by molar-refractivity contribution is 7.99. The van der Waals surface area contributed by atoms with Gasteiger partial charge in [0.1, 0.15) is 0 Å². The van der Waals surface area contributed by atoms with Gasteiger partial charge >= 0.3 is 0 Å². The minimum absolute atomic E-state index is 0.0145. The summed E-state index contributed by atoms with van der Waals surface area (Å²) in [5, 5.41) is 4.72. The fourth-order valence-corrected chi connectivity index (χ4v) is 6.45. The Morgan fingerprint density at radius 3 is 2.56 bits per heavy atom. The molecule has 2 aromatic carbocycles. The van der Waals surface area contributed by atoms with E-state index < -0.39 is 0 Å². The van der Waals surface area contributed by atoms with Crippen molar-refractivity contribution in [3.05, 3.63) is 60.7 Å². The van der Waals surface area contributed by atoms with Crippen LogP contribution >= 0.6 is 11.8 Å². The average molecular weight is 474 g/mol. The van der Waals surface area contributed by atoms with Crippen LogP contribution in [0.1, 0.15) is 6.42 Å². The van der Waals surface area contributed by atoms with Gasteiger partial charge in [-0.25, -0.2) is 4.98 Å². The first-order chi connectivity index (χ1) is 16.8. The number of carbonyl (C=O) groups is 1. The minimum Gasteiger partial charge on any atom is -0.368 e. The first-order valence-corrected chi connectivity index (χ1v) is 13.5. The summed E-state index contributed by atoms with van der Waals surface area (Å²) >= 11 is 1.85. The molecule has 2 atom stereocenters. The van der Waals surface area contributed by atoms with Crippen LogP contribution in [0.15, 0.2) is 60.7 Å². The molecule has 6 nitrogen and oxygen atoms in total. The fourth-order valence-electron chi connectivity index (χ4n) is 5.49. The van der Waals surface area contributed by atoms with E-state index in [4.69, 9.17) is 4.98 Å². The summed E-state index contributed by atoms with van der Waals surface area (Å²) in [6.07, 6.45) is 0.927. The molecule has 1 aromatic heterocycles. The Balaban J connectivity index is 1.16. The van der Waals surface area contributed by atoms with Gasteiger partial charge in [-0.2, -0.15) is 0 Å². The maximum absolute atomic E-state index is 12.8. The average Bonchev–Trinajstić information content (AvgIpc) is 3.61. The summed E-state index contributed by atoms with van der Waals surface area (Å²) in [4.78, 5) is 24.9. The standard InChI is InChI=1S/C27H31N5OS/c33-27(32-14-15-34-19-32)25-16-21(18-28-25)30-10-12-31(13-11-30)26-17-24(20-6-2-1-3-7-20)29-23-9-5-4-8-22(23)26/h1-9,17,21,25,28H,10-16,18-19H2. The summed E-state index contributed by atoms with van der Waals surface area (Å²) in [7, 11) is 0. The van der Waals surface area contributed by atoms with Gasteiger partial charge in [0, 0.05) is 67.7 Å². The summed E-state index contributed by atoms with van der Waals surface area (Å²) < 4.78 is 0. The van der Waals surface area contributed by atoms with Crippen LogP contribution in [0.4, 0.5) is 5.69 Å². The van der Waals surface area contributed by atoms with Crippen molar-refractivity contribution in [1.82, 2.24) is 20.1 Å². The summed E-state index contributed by atoms with van der Waals surface area (Å²) in [5.74, 6) is 2.22. The lowest BCUT2D eigenvalue weighted by Crippen LogP contribution is -2.51. The molecule has 0 radical (unpaired) electrons. The number of fused-ring (bicyclic) bond motifs is 1. The number of carbonyl (C=O) groups excluding carboxylic acids is 1. The van der Waals surface area contributed by atoms with E-state index in [2.05, 4.69) is 69.7 Å². The largest absolute Gasteiger partial charge is 0.368 e. The summed E-state index contributed by atoms with van der Waals surface area (Å²) in [6, 6.07) is 21.6. The first kappa shape index (κ1) is 21.9. The molecule has 1 N–H and O–H groups in total. The molecule has 3 saturated heterocycles. The molecule has 6 rings (SSSR count). The number of nitrogens with one attached hydrogen (secondary N) is 1. The topological polar surface area (TPSA) is 51.7 Å². The fraction of sp³-hybridized carbons (Fsp3) is 0.407. The lowest BCUT2D eigenvalue weighted by atomic mass is 10.1. The van der Waals surface area contributed by atoms with E-state index in [0.717, 1.165) is 74.1 Å². The van der Waals surface area contributed by atoms with Crippen LogP contribution in [0.25, 0.3) is 22.2 Å². The van der Waals surface area contributed by atoms with Crippen LogP contribution in [-0.2, 0) is 4.79 Å². The number of piperazine rings is 1. The molecule has 3 aliphatic rings. The molecule has 0 saturated carbocycles. The van der Waals surface area contributed by atoms with Crippen molar-refractivity contribution in [3.63, 3.8) is 0 Å². The SMILES string of the molecule is O=C(C1CC(N2CCN(c3cc(-c4ccccc4)nc4ccccc34)CC2)CN1)N1CCSC1. The highest BCUT2D eigenvalue weighted by Crippen LogP contribution is 2.32. The first-order valence-electron chi connectivity index (χ1n) is 12.3. The molecule has 4 heterocycles. The predicted octanol–water partition coefficient (Wildman–Crippen LogP) is 3.29. The highest BCUT2D eigenvalue weighted by Gasteiger charge is 2.36. The van der Waals surface area contributed by atoms with Crippen molar-refractivity contribution in [2.24, 2.45) is 0 Å². The second kappa shape index (κ2) is 9.56. The molecule has 3 fully saturated rings. The quantitative estimate of drug-likeness (QED) is 0.628. The maximum Gasteiger partial charge on any atom is 0.240 e. The van der Waals surface area contributed by atoms with Crippen LogP contribution in [0, 0.1) is 0 Å². The predicted molar refractivity (Wildman–Crippen MR) is 140 cm³/mol. The molecule has 34 heavy (non-hydrogen) atoms. The Bertz CT molecular complexity index is 1160. The third kappa shape index (κ3) is 4.28. The van der Waals surface area contributed by atoms with Crippen LogP contribution in [0.5, 0.6) is 0 Å². The maximum atomic E-state index is 12.8. The molecular formula is C27H31N5OS. The number of hydrogen-bond donors (Lipinski definition) is 1. The Labute approximate surface area is 205 Å². The monoisotopic (exact) mass is 473 g/mol. The zero-order valence-electron chi connectivity index (χ0n) is 19.4. The summed E-state index contributed by atoms with van der Waals surface area (Å²) in [5.41, 5.74) is 4.49.